The smallest absolute Gasteiger partial charge is 0.145 e. The van der Waals surface area contributed by atoms with Gasteiger partial charge in [-0.15, -0.1) is 0 Å². The summed E-state index contributed by atoms with van der Waals surface area (Å²) in [5, 5.41) is 32.2. The monoisotopic (exact) mass is 444 g/mol. The molecule has 0 aliphatic rings. The average Bonchev–Trinajstić information content (AvgIpc) is 3.27. The lowest BCUT2D eigenvalue weighted by molar-refractivity contribution is 0.476. The van der Waals surface area contributed by atoms with Gasteiger partial charge in [-0.25, -0.2) is 4.98 Å². The molecule has 0 bridgehead atoms. The second-order valence-corrected chi connectivity index (χ2v) is 9.29. The summed E-state index contributed by atoms with van der Waals surface area (Å²) in [6.07, 6.45) is 1.88. The Kier molecular flexibility index (Phi) is 5.00. The number of hydrogen-bond acceptors (Lipinski definition) is 4. The minimum absolute atomic E-state index is 0.151. The maximum atomic E-state index is 10.3. The highest BCUT2D eigenvalue weighted by molar-refractivity contribution is 6.13. The van der Waals surface area contributed by atoms with Crippen molar-refractivity contribution < 1.29 is 5.11 Å². The highest BCUT2D eigenvalue weighted by Gasteiger charge is 2.22. The van der Waals surface area contributed by atoms with Gasteiger partial charge in [0.2, 0.25) is 0 Å². The Balaban J connectivity index is 2.06. The zero-order valence-corrected chi connectivity index (χ0v) is 19.6. The second kappa shape index (κ2) is 7.90. The van der Waals surface area contributed by atoms with E-state index in [4.69, 9.17) is 4.98 Å². The molecular formula is C29H24N4O. The Morgan fingerprint density at radius 3 is 2.09 bits per heavy atom. The highest BCUT2D eigenvalue weighted by atomic mass is 16.3. The Morgan fingerprint density at radius 1 is 0.824 bits per heavy atom. The first-order chi connectivity index (χ1) is 16.3. The third-order valence-electron chi connectivity index (χ3n) is 6.54. The Morgan fingerprint density at radius 2 is 1.47 bits per heavy atom. The third-order valence-corrected chi connectivity index (χ3v) is 6.54. The lowest BCUT2D eigenvalue weighted by atomic mass is 9.87. The highest BCUT2D eigenvalue weighted by Crippen LogP contribution is 2.40. The fourth-order valence-electron chi connectivity index (χ4n) is 4.93. The summed E-state index contributed by atoms with van der Waals surface area (Å²) in [6, 6.07) is 19.5. The maximum Gasteiger partial charge on any atom is 0.145 e. The summed E-state index contributed by atoms with van der Waals surface area (Å²) < 4.78 is 2.08. The van der Waals surface area contributed by atoms with Gasteiger partial charge in [0.15, 0.2) is 0 Å². The van der Waals surface area contributed by atoms with Crippen molar-refractivity contribution >= 4 is 27.3 Å². The summed E-state index contributed by atoms with van der Waals surface area (Å²) in [5.41, 5.74) is 6.71. The van der Waals surface area contributed by atoms with Crippen molar-refractivity contribution in [1.29, 1.82) is 10.5 Å². The van der Waals surface area contributed by atoms with Crippen LogP contribution in [0, 0.1) is 22.7 Å². The molecule has 166 valence electrons. The van der Waals surface area contributed by atoms with Crippen molar-refractivity contribution in [1.82, 2.24) is 9.38 Å². The molecule has 34 heavy (non-hydrogen) atoms. The number of fused-ring (bicyclic) bond motifs is 6. The summed E-state index contributed by atoms with van der Waals surface area (Å²) in [7, 11) is 0. The topological polar surface area (TPSA) is 85.1 Å². The minimum atomic E-state index is 0.151. The van der Waals surface area contributed by atoms with E-state index in [1.165, 1.54) is 11.1 Å². The zero-order valence-electron chi connectivity index (χ0n) is 19.6. The van der Waals surface area contributed by atoms with Gasteiger partial charge in [0.1, 0.15) is 23.5 Å². The van der Waals surface area contributed by atoms with Crippen molar-refractivity contribution in [2.24, 2.45) is 0 Å². The van der Waals surface area contributed by atoms with E-state index in [0.717, 1.165) is 32.9 Å². The lowest BCUT2D eigenvalue weighted by Gasteiger charge is -2.20. The SMILES string of the molecule is CC(C)c1cccc(C(C)C)c1-c1cnc2c3cc(O)ccc3c3cc(C#N)c(C#N)cc3n12. The molecule has 0 saturated carbocycles. The van der Waals surface area contributed by atoms with Crippen LogP contribution in [-0.4, -0.2) is 14.5 Å². The molecule has 0 spiro atoms. The number of imidazole rings is 1. The van der Waals surface area contributed by atoms with Crippen molar-refractivity contribution in [3.8, 4) is 29.1 Å². The van der Waals surface area contributed by atoms with Crippen LogP contribution in [0.1, 0.15) is 61.8 Å². The Hall–Kier alpha value is -4.35. The number of pyridine rings is 1. The molecule has 5 aromatic rings. The number of rotatable bonds is 3. The van der Waals surface area contributed by atoms with Crippen LogP contribution in [0.25, 0.3) is 38.6 Å². The maximum absolute atomic E-state index is 10.3. The molecule has 5 nitrogen and oxygen atoms in total. The second-order valence-electron chi connectivity index (χ2n) is 9.29. The molecule has 0 atom stereocenters. The zero-order chi connectivity index (χ0) is 24.1. The number of phenolic OH excluding ortho intramolecular Hbond substituents is 1. The molecule has 2 aromatic heterocycles. The fourth-order valence-corrected chi connectivity index (χ4v) is 4.93. The van der Waals surface area contributed by atoms with E-state index in [1.807, 2.05) is 12.3 Å². The molecule has 0 aliphatic carbocycles. The molecule has 0 unspecified atom stereocenters. The average molecular weight is 445 g/mol. The van der Waals surface area contributed by atoms with E-state index < -0.39 is 0 Å². The number of phenols is 1. The molecule has 2 heterocycles. The molecule has 0 saturated heterocycles. The van der Waals surface area contributed by atoms with E-state index in [9.17, 15) is 15.6 Å². The van der Waals surface area contributed by atoms with Gasteiger partial charge in [0.25, 0.3) is 0 Å². The first-order valence-electron chi connectivity index (χ1n) is 11.4. The first kappa shape index (κ1) is 21.5. The summed E-state index contributed by atoms with van der Waals surface area (Å²) >= 11 is 0. The molecule has 1 N–H and O–H groups in total. The summed E-state index contributed by atoms with van der Waals surface area (Å²) in [4.78, 5) is 4.82. The Labute approximate surface area is 198 Å². The number of aromatic hydroxyl groups is 1. The quantitative estimate of drug-likeness (QED) is 0.303. The van der Waals surface area contributed by atoms with Crippen LogP contribution in [0.5, 0.6) is 5.75 Å². The van der Waals surface area contributed by atoms with Crippen molar-refractivity contribution in [2.75, 3.05) is 0 Å². The fraction of sp³-hybridized carbons (Fsp3) is 0.207. The van der Waals surface area contributed by atoms with E-state index in [0.29, 0.717) is 28.6 Å². The van der Waals surface area contributed by atoms with Crippen LogP contribution in [-0.2, 0) is 0 Å². The van der Waals surface area contributed by atoms with E-state index >= 15 is 0 Å². The molecule has 3 aromatic carbocycles. The van der Waals surface area contributed by atoms with Crippen LogP contribution in [0.15, 0.2) is 54.7 Å². The lowest BCUT2D eigenvalue weighted by Crippen LogP contribution is -2.03. The molecule has 0 radical (unpaired) electrons. The largest absolute Gasteiger partial charge is 0.508 e. The van der Waals surface area contributed by atoms with Gasteiger partial charge in [0.05, 0.1) is 28.5 Å². The van der Waals surface area contributed by atoms with E-state index in [2.05, 4.69) is 62.4 Å². The summed E-state index contributed by atoms with van der Waals surface area (Å²) in [5.74, 6) is 0.752. The molecule has 5 rings (SSSR count). The van der Waals surface area contributed by atoms with Gasteiger partial charge in [0, 0.05) is 16.3 Å². The third kappa shape index (κ3) is 3.10. The van der Waals surface area contributed by atoms with Crippen LogP contribution in [0.4, 0.5) is 0 Å². The van der Waals surface area contributed by atoms with Gasteiger partial charge in [-0.2, -0.15) is 10.5 Å². The van der Waals surface area contributed by atoms with Gasteiger partial charge in [-0.1, -0.05) is 45.9 Å². The van der Waals surface area contributed by atoms with E-state index in [1.54, 1.807) is 24.3 Å². The number of hydrogen-bond donors (Lipinski definition) is 1. The number of nitriles is 2. The van der Waals surface area contributed by atoms with Crippen LogP contribution in [0.3, 0.4) is 0 Å². The van der Waals surface area contributed by atoms with Gasteiger partial charge >= 0.3 is 0 Å². The molecule has 5 heteroatoms. The van der Waals surface area contributed by atoms with Crippen LogP contribution in [0.2, 0.25) is 0 Å². The van der Waals surface area contributed by atoms with Gasteiger partial charge < -0.3 is 5.11 Å². The van der Waals surface area contributed by atoms with Gasteiger partial charge in [-0.3, -0.25) is 4.40 Å². The number of nitrogens with zero attached hydrogens (tertiary/aromatic N) is 4. The normalized spacial score (nSPS) is 11.5. The molecule has 0 amide bonds. The summed E-state index contributed by atoms with van der Waals surface area (Å²) in [6.45, 7) is 8.74. The molecular weight excluding hydrogens is 420 g/mol. The van der Waals surface area contributed by atoms with Crippen LogP contribution >= 0.6 is 0 Å². The van der Waals surface area contributed by atoms with Crippen molar-refractivity contribution in [2.45, 2.75) is 39.5 Å². The van der Waals surface area contributed by atoms with Crippen LogP contribution < -0.4 is 0 Å². The molecule has 0 aliphatic heterocycles. The van der Waals surface area contributed by atoms with Crippen molar-refractivity contribution in [3.63, 3.8) is 0 Å². The predicted molar refractivity (Wildman–Crippen MR) is 135 cm³/mol. The number of benzene rings is 3. The standard InChI is InChI=1S/C29H24N4O/c1-16(2)21-6-5-7-22(17(3)4)28(21)27-15-32-29-25-12-20(34)8-9-23(25)24-10-18(13-30)19(14-31)11-26(24)33(27)29/h5-12,15-17,34H,1-4H3. The molecule has 0 fully saturated rings. The van der Waals surface area contributed by atoms with E-state index in [-0.39, 0.29) is 5.75 Å². The van der Waals surface area contributed by atoms with Crippen molar-refractivity contribution in [3.05, 3.63) is 77.0 Å². The Bertz CT molecular complexity index is 1670. The number of aromatic nitrogens is 2. The predicted octanol–water partition coefficient (Wildman–Crippen LogP) is 7.00. The minimum Gasteiger partial charge on any atom is -0.508 e. The first-order valence-corrected chi connectivity index (χ1v) is 11.4. The van der Waals surface area contributed by atoms with Gasteiger partial charge in [-0.05, 0) is 58.7 Å².